The second-order valence-corrected chi connectivity index (χ2v) is 6.31. The van der Waals surface area contributed by atoms with Gasteiger partial charge in [-0.15, -0.1) is 0 Å². The summed E-state index contributed by atoms with van der Waals surface area (Å²) >= 11 is 12.4. The van der Waals surface area contributed by atoms with E-state index in [0.717, 1.165) is 0 Å². The number of nitrogens with zero attached hydrogens (tertiary/aromatic N) is 2. The molecule has 9 heteroatoms. The third-order valence-electron chi connectivity index (χ3n) is 3.55. The molecule has 2 unspecified atom stereocenters. The first-order valence-electron chi connectivity index (χ1n) is 7.42. The van der Waals surface area contributed by atoms with Crippen LogP contribution < -0.4 is 16.4 Å². The van der Waals surface area contributed by atoms with E-state index in [0.29, 0.717) is 5.69 Å². The lowest BCUT2D eigenvalue weighted by Crippen LogP contribution is -2.34. The number of carbonyl (C=O) groups is 2. The summed E-state index contributed by atoms with van der Waals surface area (Å²) in [5.74, 6) is -1.13. The average molecular weight is 382 g/mol. The number of hydrogen-bond donors (Lipinski definition) is 3. The van der Waals surface area contributed by atoms with Gasteiger partial charge < -0.3 is 16.4 Å². The molecule has 0 saturated heterocycles. The van der Waals surface area contributed by atoms with Crippen LogP contribution in [0.25, 0.3) is 0 Å². The van der Waals surface area contributed by atoms with Crippen LogP contribution in [-0.4, -0.2) is 27.8 Å². The molecule has 0 aliphatic heterocycles. The molecule has 0 spiro atoms. The molecule has 132 valence electrons. The van der Waals surface area contributed by atoms with Gasteiger partial charge in [0.25, 0.3) is 5.91 Å². The van der Waals surface area contributed by atoms with Crippen LogP contribution in [0.5, 0.6) is 0 Å². The van der Waals surface area contributed by atoms with Crippen molar-refractivity contribution in [3.63, 3.8) is 0 Å². The van der Waals surface area contributed by atoms with Gasteiger partial charge in [-0.25, -0.2) is 4.98 Å². The summed E-state index contributed by atoms with van der Waals surface area (Å²) in [7, 11) is 0. The molecule has 0 aliphatic carbocycles. The lowest BCUT2D eigenvalue weighted by Gasteiger charge is -2.16. The maximum Gasteiger partial charge on any atom is 0.275 e. The minimum absolute atomic E-state index is 0.123. The maximum atomic E-state index is 12.1. The molecule has 1 aromatic heterocycles. The maximum absolute atomic E-state index is 12.1. The zero-order valence-electron chi connectivity index (χ0n) is 13.6. The SMILES string of the molecule is CC(N)C(C)C(=O)Nc1cc(Cl)c(NC(=O)c2cnccn2)c(Cl)c1. The average Bonchev–Trinajstić information content (AvgIpc) is 2.57. The molecule has 2 aromatic rings. The van der Waals surface area contributed by atoms with Gasteiger partial charge in [-0.05, 0) is 19.1 Å². The van der Waals surface area contributed by atoms with Gasteiger partial charge >= 0.3 is 0 Å². The topological polar surface area (TPSA) is 110 Å². The Hall–Kier alpha value is -2.22. The Balaban J connectivity index is 2.17. The van der Waals surface area contributed by atoms with Crippen molar-refractivity contribution in [2.24, 2.45) is 11.7 Å². The summed E-state index contributed by atoms with van der Waals surface area (Å²) in [4.78, 5) is 31.9. The molecule has 1 heterocycles. The number of nitrogens with one attached hydrogen (secondary N) is 2. The highest BCUT2D eigenvalue weighted by Crippen LogP contribution is 2.34. The minimum atomic E-state index is -0.501. The van der Waals surface area contributed by atoms with Crippen LogP contribution in [-0.2, 0) is 4.79 Å². The second kappa shape index (κ2) is 8.24. The molecule has 25 heavy (non-hydrogen) atoms. The first-order valence-corrected chi connectivity index (χ1v) is 8.18. The first-order chi connectivity index (χ1) is 11.8. The Labute approximate surface area is 154 Å². The zero-order chi connectivity index (χ0) is 18.6. The predicted octanol–water partition coefficient (Wildman–Crippen LogP) is 2.96. The van der Waals surface area contributed by atoms with E-state index in [1.807, 2.05) is 0 Å². The van der Waals surface area contributed by atoms with E-state index < -0.39 is 5.91 Å². The van der Waals surface area contributed by atoms with Crippen molar-refractivity contribution in [2.75, 3.05) is 10.6 Å². The second-order valence-electron chi connectivity index (χ2n) is 5.50. The fourth-order valence-corrected chi connectivity index (χ4v) is 2.44. The van der Waals surface area contributed by atoms with E-state index in [9.17, 15) is 9.59 Å². The summed E-state index contributed by atoms with van der Waals surface area (Å²) in [6, 6.07) is 2.69. The Morgan fingerprint density at radius 1 is 1.12 bits per heavy atom. The Kier molecular flexibility index (Phi) is 6.30. The highest BCUT2D eigenvalue weighted by atomic mass is 35.5. The molecule has 1 aromatic carbocycles. The fraction of sp³-hybridized carbons (Fsp3) is 0.250. The highest BCUT2D eigenvalue weighted by molar-refractivity contribution is 6.40. The van der Waals surface area contributed by atoms with Crippen molar-refractivity contribution < 1.29 is 9.59 Å². The molecule has 7 nitrogen and oxygen atoms in total. The molecule has 2 atom stereocenters. The van der Waals surface area contributed by atoms with Gasteiger partial charge in [-0.2, -0.15) is 0 Å². The van der Waals surface area contributed by atoms with Gasteiger partial charge in [0, 0.05) is 24.1 Å². The van der Waals surface area contributed by atoms with Crippen LogP contribution in [0.3, 0.4) is 0 Å². The molecule has 2 amide bonds. The van der Waals surface area contributed by atoms with Crippen molar-refractivity contribution >= 4 is 46.4 Å². The van der Waals surface area contributed by atoms with Crippen molar-refractivity contribution in [2.45, 2.75) is 19.9 Å². The predicted molar refractivity (Wildman–Crippen MR) is 97.9 cm³/mol. The number of benzene rings is 1. The van der Waals surface area contributed by atoms with Gasteiger partial charge in [0.1, 0.15) is 5.69 Å². The van der Waals surface area contributed by atoms with E-state index in [4.69, 9.17) is 28.9 Å². The van der Waals surface area contributed by atoms with Crippen molar-refractivity contribution in [1.29, 1.82) is 0 Å². The van der Waals surface area contributed by atoms with Gasteiger partial charge in [-0.3, -0.25) is 14.6 Å². The van der Waals surface area contributed by atoms with Crippen LogP contribution in [0, 0.1) is 5.92 Å². The van der Waals surface area contributed by atoms with E-state index in [1.54, 1.807) is 13.8 Å². The van der Waals surface area contributed by atoms with Crippen LogP contribution in [0.4, 0.5) is 11.4 Å². The van der Waals surface area contributed by atoms with E-state index in [-0.39, 0.29) is 39.3 Å². The van der Waals surface area contributed by atoms with Crippen molar-refractivity contribution in [1.82, 2.24) is 9.97 Å². The van der Waals surface area contributed by atoms with E-state index in [1.165, 1.54) is 30.7 Å². The summed E-state index contributed by atoms with van der Waals surface area (Å²) in [5, 5.41) is 5.62. The summed E-state index contributed by atoms with van der Waals surface area (Å²) in [5.41, 5.74) is 6.46. The quantitative estimate of drug-likeness (QED) is 0.737. The Morgan fingerprint density at radius 3 is 2.28 bits per heavy atom. The first kappa shape index (κ1) is 19.1. The summed E-state index contributed by atoms with van der Waals surface area (Å²) < 4.78 is 0. The van der Waals surface area contributed by atoms with Crippen LogP contribution >= 0.6 is 23.2 Å². The molecular formula is C16H17Cl2N5O2. The smallest absolute Gasteiger partial charge is 0.275 e. The molecule has 4 N–H and O–H groups in total. The van der Waals surface area contributed by atoms with E-state index in [2.05, 4.69) is 20.6 Å². The number of amides is 2. The lowest BCUT2D eigenvalue weighted by molar-refractivity contribution is -0.119. The summed E-state index contributed by atoms with van der Waals surface area (Å²) in [6.07, 6.45) is 4.18. The Morgan fingerprint density at radius 2 is 1.76 bits per heavy atom. The fourth-order valence-electron chi connectivity index (χ4n) is 1.85. The van der Waals surface area contributed by atoms with Crippen LogP contribution in [0.15, 0.2) is 30.7 Å². The molecule has 0 radical (unpaired) electrons. The van der Waals surface area contributed by atoms with Crippen molar-refractivity contribution in [3.8, 4) is 0 Å². The monoisotopic (exact) mass is 381 g/mol. The standard InChI is InChI=1S/C16H17Cl2N5O2/c1-8(9(2)19)15(24)22-10-5-11(17)14(12(18)6-10)23-16(25)13-7-20-3-4-21-13/h3-9H,19H2,1-2H3,(H,22,24)(H,23,25). The normalized spacial score (nSPS) is 13.0. The number of rotatable bonds is 5. The molecule has 0 aliphatic rings. The number of anilines is 2. The van der Waals surface area contributed by atoms with Gasteiger partial charge in [0.05, 0.1) is 27.8 Å². The largest absolute Gasteiger partial charge is 0.327 e. The number of aromatic nitrogens is 2. The number of nitrogens with two attached hydrogens (primary N) is 1. The van der Waals surface area contributed by atoms with Gasteiger partial charge in [0.15, 0.2) is 0 Å². The van der Waals surface area contributed by atoms with Crippen molar-refractivity contribution in [3.05, 3.63) is 46.5 Å². The summed E-state index contributed by atoms with van der Waals surface area (Å²) in [6.45, 7) is 3.47. The third-order valence-corrected chi connectivity index (χ3v) is 4.14. The van der Waals surface area contributed by atoms with Gasteiger partial charge in [0.2, 0.25) is 5.91 Å². The molecule has 0 fully saturated rings. The zero-order valence-corrected chi connectivity index (χ0v) is 15.1. The van der Waals surface area contributed by atoms with Crippen LogP contribution in [0.1, 0.15) is 24.3 Å². The molecule has 2 rings (SSSR count). The number of carbonyl (C=O) groups excluding carboxylic acids is 2. The minimum Gasteiger partial charge on any atom is -0.327 e. The number of halogens is 2. The van der Waals surface area contributed by atoms with Crippen LogP contribution in [0.2, 0.25) is 10.0 Å². The molecule has 0 bridgehead atoms. The molecular weight excluding hydrogens is 365 g/mol. The number of hydrogen-bond acceptors (Lipinski definition) is 5. The molecule has 0 saturated carbocycles. The third kappa shape index (κ3) is 4.88. The highest BCUT2D eigenvalue weighted by Gasteiger charge is 2.19. The van der Waals surface area contributed by atoms with Gasteiger partial charge in [-0.1, -0.05) is 30.1 Å². The van der Waals surface area contributed by atoms with E-state index >= 15 is 0 Å². The Bertz CT molecular complexity index is 760. The lowest BCUT2D eigenvalue weighted by atomic mass is 10.0.